The highest BCUT2D eigenvalue weighted by atomic mass is 16.6. The highest BCUT2D eigenvalue weighted by Gasteiger charge is 2.37. The molecule has 1 aliphatic rings. The molecule has 0 aliphatic heterocycles. The second-order valence-corrected chi connectivity index (χ2v) is 6.15. The molecule has 1 saturated carbocycles. The van der Waals surface area contributed by atoms with Crippen LogP contribution in [0.3, 0.4) is 0 Å². The van der Waals surface area contributed by atoms with Crippen LogP contribution in [-0.4, -0.2) is 11.6 Å². The molecule has 0 aromatic carbocycles. The minimum absolute atomic E-state index is 0.211. The van der Waals surface area contributed by atoms with Crippen LogP contribution >= 0.6 is 0 Å². The number of esters is 1. The van der Waals surface area contributed by atoms with Gasteiger partial charge in [0.2, 0.25) is 0 Å². The Morgan fingerprint density at radius 1 is 1.26 bits per heavy atom. The summed E-state index contributed by atoms with van der Waals surface area (Å²) in [7, 11) is 0. The fourth-order valence-corrected chi connectivity index (χ4v) is 2.99. The molecule has 0 N–H and O–H groups in total. The minimum Gasteiger partial charge on any atom is -0.456 e. The van der Waals surface area contributed by atoms with E-state index in [1.54, 1.807) is 6.92 Å². The molecule has 0 atom stereocenters. The summed E-state index contributed by atoms with van der Waals surface area (Å²) < 4.78 is 5.73. The van der Waals surface area contributed by atoms with Crippen molar-refractivity contribution in [1.82, 2.24) is 0 Å². The van der Waals surface area contributed by atoms with Crippen molar-refractivity contribution in [3.05, 3.63) is 12.2 Å². The van der Waals surface area contributed by atoms with Crippen LogP contribution in [0.1, 0.15) is 78.6 Å². The lowest BCUT2D eigenvalue weighted by molar-refractivity contribution is -0.160. The molecular formula is C17H30O2. The second kappa shape index (κ2) is 7.72. The Balaban J connectivity index is 2.43. The molecule has 0 aromatic heterocycles. The van der Waals surface area contributed by atoms with Crippen LogP contribution in [0.4, 0.5) is 0 Å². The van der Waals surface area contributed by atoms with Gasteiger partial charge in [-0.1, -0.05) is 46.1 Å². The van der Waals surface area contributed by atoms with Crippen molar-refractivity contribution in [1.29, 1.82) is 0 Å². The van der Waals surface area contributed by atoms with E-state index in [4.69, 9.17) is 4.74 Å². The lowest BCUT2D eigenvalue weighted by Crippen LogP contribution is -2.38. The Bertz CT molecular complexity index is 298. The molecular weight excluding hydrogens is 236 g/mol. The van der Waals surface area contributed by atoms with Crippen molar-refractivity contribution in [2.75, 3.05) is 0 Å². The van der Waals surface area contributed by atoms with Crippen molar-refractivity contribution < 1.29 is 9.53 Å². The van der Waals surface area contributed by atoms with E-state index in [0.717, 1.165) is 25.2 Å². The molecule has 0 unspecified atom stereocenters. The van der Waals surface area contributed by atoms with Gasteiger partial charge in [0.05, 0.1) is 0 Å². The van der Waals surface area contributed by atoms with E-state index < -0.39 is 0 Å². The maximum atomic E-state index is 11.7. The van der Waals surface area contributed by atoms with Gasteiger partial charge in [0.1, 0.15) is 5.60 Å². The van der Waals surface area contributed by atoms with Crippen molar-refractivity contribution in [2.24, 2.45) is 5.92 Å². The minimum atomic E-state index is -0.216. The van der Waals surface area contributed by atoms with Crippen LogP contribution in [0.5, 0.6) is 0 Å². The van der Waals surface area contributed by atoms with Crippen LogP contribution in [0, 0.1) is 5.92 Å². The normalized spacial score (nSPS) is 27.0. The number of ether oxygens (including phenoxy) is 1. The molecule has 0 bridgehead atoms. The fraction of sp³-hybridized carbons (Fsp3) is 0.824. The molecule has 1 fully saturated rings. The summed E-state index contributed by atoms with van der Waals surface area (Å²) in [6, 6.07) is 0. The van der Waals surface area contributed by atoms with Gasteiger partial charge in [0, 0.05) is 5.57 Å². The van der Waals surface area contributed by atoms with Crippen molar-refractivity contribution in [3.8, 4) is 0 Å². The Labute approximate surface area is 118 Å². The van der Waals surface area contributed by atoms with Gasteiger partial charge >= 0.3 is 5.97 Å². The summed E-state index contributed by atoms with van der Waals surface area (Å²) in [4.78, 5) is 11.7. The van der Waals surface area contributed by atoms with Gasteiger partial charge in [-0.3, -0.25) is 0 Å². The van der Waals surface area contributed by atoms with E-state index in [1.807, 2.05) is 0 Å². The maximum absolute atomic E-state index is 11.7. The number of hydrogen-bond acceptors (Lipinski definition) is 2. The van der Waals surface area contributed by atoms with Crippen LogP contribution in [0.2, 0.25) is 0 Å². The molecule has 0 spiro atoms. The van der Waals surface area contributed by atoms with Crippen molar-refractivity contribution >= 4 is 5.97 Å². The van der Waals surface area contributed by atoms with Crippen molar-refractivity contribution in [3.63, 3.8) is 0 Å². The van der Waals surface area contributed by atoms with Crippen LogP contribution < -0.4 is 0 Å². The first-order chi connectivity index (χ1) is 9.03. The Morgan fingerprint density at radius 2 is 1.89 bits per heavy atom. The predicted octanol–water partition coefficient (Wildman–Crippen LogP) is 5.03. The van der Waals surface area contributed by atoms with E-state index in [-0.39, 0.29) is 11.6 Å². The van der Waals surface area contributed by atoms with Gasteiger partial charge in [-0.05, 0) is 44.9 Å². The highest BCUT2D eigenvalue weighted by Crippen LogP contribution is 2.39. The summed E-state index contributed by atoms with van der Waals surface area (Å²) in [5.41, 5.74) is 0.301. The second-order valence-electron chi connectivity index (χ2n) is 6.15. The van der Waals surface area contributed by atoms with Crippen LogP contribution in [0.15, 0.2) is 12.2 Å². The third-order valence-electron chi connectivity index (χ3n) is 4.53. The third kappa shape index (κ3) is 5.00. The van der Waals surface area contributed by atoms with Gasteiger partial charge in [-0.2, -0.15) is 0 Å². The standard InChI is InChI=1S/C17H30O2/c1-5-7-8-9-15-10-12-17(6-2,13-11-15)19-16(18)14(3)4/h15H,3,5-13H2,1-2,4H3. The van der Waals surface area contributed by atoms with Gasteiger partial charge in [0.25, 0.3) is 0 Å². The SMILES string of the molecule is C=C(C)C(=O)OC1(CC)CCC(CCCCC)CC1. The topological polar surface area (TPSA) is 26.3 Å². The van der Waals surface area contributed by atoms with Gasteiger partial charge in [-0.25, -0.2) is 4.79 Å². The lowest BCUT2D eigenvalue weighted by atomic mass is 9.75. The average Bonchev–Trinajstić information content (AvgIpc) is 2.41. The van der Waals surface area contributed by atoms with Gasteiger partial charge in [-0.15, -0.1) is 0 Å². The first-order valence-corrected chi connectivity index (χ1v) is 7.92. The Hall–Kier alpha value is -0.790. The van der Waals surface area contributed by atoms with E-state index in [2.05, 4.69) is 20.4 Å². The summed E-state index contributed by atoms with van der Waals surface area (Å²) >= 11 is 0. The number of hydrogen-bond donors (Lipinski definition) is 0. The monoisotopic (exact) mass is 266 g/mol. The van der Waals surface area contributed by atoms with E-state index in [9.17, 15) is 4.79 Å². The molecule has 0 aromatic rings. The lowest BCUT2D eigenvalue weighted by Gasteiger charge is -2.39. The molecule has 0 amide bonds. The highest BCUT2D eigenvalue weighted by molar-refractivity contribution is 5.87. The summed E-state index contributed by atoms with van der Waals surface area (Å²) in [5, 5.41) is 0. The average molecular weight is 266 g/mol. The first kappa shape index (κ1) is 16.3. The quantitative estimate of drug-likeness (QED) is 0.367. The van der Waals surface area contributed by atoms with Crippen LogP contribution in [-0.2, 0) is 9.53 Å². The summed E-state index contributed by atoms with van der Waals surface area (Å²) in [6.07, 6.45) is 10.7. The Kier molecular flexibility index (Phi) is 6.60. The first-order valence-electron chi connectivity index (χ1n) is 7.92. The smallest absolute Gasteiger partial charge is 0.333 e. The zero-order valence-electron chi connectivity index (χ0n) is 13.0. The number of carbonyl (C=O) groups excluding carboxylic acids is 1. The number of rotatable bonds is 7. The maximum Gasteiger partial charge on any atom is 0.333 e. The predicted molar refractivity (Wildman–Crippen MR) is 80.0 cm³/mol. The summed E-state index contributed by atoms with van der Waals surface area (Å²) in [6.45, 7) is 9.78. The van der Waals surface area contributed by atoms with E-state index >= 15 is 0 Å². The van der Waals surface area contributed by atoms with Crippen molar-refractivity contribution in [2.45, 2.75) is 84.2 Å². The summed E-state index contributed by atoms with van der Waals surface area (Å²) in [5.74, 6) is 0.626. The molecule has 0 radical (unpaired) electrons. The van der Waals surface area contributed by atoms with E-state index in [0.29, 0.717) is 5.57 Å². The largest absolute Gasteiger partial charge is 0.456 e. The molecule has 110 valence electrons. The molecule has 0 heterocycles. The molecule has 0 saturated heterocycles. The van der Waals surface area contributed by atoms with Gasteiger partial charge < -0.3 is 4.74 Å². The number of unbranched alkanes of at least 4 members (excludes halogenated alkanes) is 2. The van der Waals surface area contributed by atoms with E-state index in [1.165, 1.54) is 38.5 Å². The molecule has 2 nitrogen and oxygen atoms in total. The molecule has 1 rings (SSSR count). The van der Waals surface area contributed by atoms with Crippen LogP contribution in [0.25, 0.3) is 0 Å². The number of carbonyl (C=O) groups is 1. The fourth-order valence-electron chi connectivity index (χ4n) is 2.99. The zero-order chi connectivity index (χ0) is 14.3. The Morgan fingerprint density at radius 3 is 2.37 bits per heavy atom. The van der Waals surface area contributed by atoms with Gasteiger partial charge in [0.15, 0.2) is 0 Å². The molecule has 19 heavy (non-hydrogen) atoms. The molecule has 1 aliphatic carbocycles. The third-order valence-corrected chi connectivity index (χ3v) is 4.53. The molecule has 2 heteroatoms. The zero-order valence-corrected chi connectivity index (χ0v) is 13.0.